The Labute approximate surface area is 181 Å². The molecule has 1 saturated heterocycles. The summed E-state index contributed by atoms with van der Waals surface area (Å²) in [5.74, 6) is 2.57. The average molecular weight is 415 g/mol. The van der Waals surface area contributed by atoms with Crippen LogP contribution in [-0.2, 0) is 0 Å². The molecule has 2 aliphatic heterocycles. The highest BCUT2D eigenvalue weighted by Gasteiger charge is 2.43. The molecule has 31 heavy (non-hydrogen) atoms. The quantitative estimate of drug-likeness (QED) is 0.629. The van der Waals surface area contributed by atoms with Gasteiger partial charge in [0.15, 0.2) is 11.6 Å². The van der Waals surface area contributed by atoms with Crippen LogP contribution in [0.15, 0.2) is 54.6 Å². The largest absolute Gasteiger partial charge is 0.497 e. The van der Waals surface area contributed by atoms with Crippen molar-refractivity contribution in [1.82, 2.24) is 10.2 Å². The number of methoxy groups -OCH3 is 1. The first-order valence-corrected chi connectivity index (χ1v) is 10.6. The number of carbonyl (C=O) groups is 1. The summed E-state index contributed by atoms with van der Waals surface area (Å²) in [6.07, 6.45) is 2.02. The molecular formula is C25H25N3O3. The fraction of sp³-hybridized carbons (Fsp3) is 0.320. The first-order chi connectivity index (χ1) is 15.0. The number of aromatic nitrogens is 2. The minimum absolute atomic E-state index is 0.182. The molecule has 5 rings (SSSR count). The predicted molar refractivity (Wildman–Crippen MR) is 119 cm³/mol. The van der Waals surface area contributed by atoms with Gasteiger partial charge in [-0.15, -0.1) is 10.2 Å². The van der Waals surface area contributed by atoms with Crippen LogP contribution in [0, 0.1) is 6.92 Å². The molecule has 1 fully saturated rings. The number of hydrogen-bond donors (Lipinski definition) is 0. The maximum absolute atomic E-state index is 12.8. The van der Waals surface area contributed by atoms with Gasteiger partial charge in [-0.2, -0.15) is 0 Å². The number of Topliss-reactive ketones (excluding diaryl/α,β-unsaturated/α-hetero) is 1. The molecule has 158 valence electrons. The highest BCUT2D eigenvalue weighted by molar-refractivity contribution is 6.00. The van der Waals surface area contributed by atoms with Gasteiger partial charge in [0.05, 0.1) is 24.8 Å². The number of nitrogens with zero attached hydrogens (tertiary/aromatic N) is 3. The van der Waals surface area contributed by atoms with Gasteiger partial charge in [0.1, 0.15) is 17.1 Å². The molecule has 0 saturated carbocycles. The molecule has 0 atom stereocenters. The summed E-state index contributed by atoms with van der Waals surface area (Å²) in [6, 6.07) is 17.6. The molecule has 3 heterocycles. The number of fused-ring (bicyclic) bond motifs is 1. The van der Waals surface area contributed by atoms with Gasteiger partial charge in [-0.05, 0) is 55.5 Å². The maximum Gasteiger partial charge on any atom is 0.170 e. The molecule has 0 aliphatic carbocycles. The molecule has 0 amide bonds. The van der Waals surface area contributed by atoms with Crippen molar-refractivity contribution in [2.75, 3.05) is 25.1 Å². The van der Waals surface area contributed by atoms with Crippen molar-refractivity contribution in [3.05, 3.63) is 65.7 Å². The van der Waals surface area contributed by atoms with Crippen LogP contribution in [0.1, 0.15) is 35.2 Å². The van der Waals surface area contributed by atoms with Gasteiger partial charge in [-0.1, -0.05) is 11.6 Å². The number of ketones is 1. The van der Waals surface area contributed by atoms with E-state index in [1.165, 1.54) is 0 Å². The summed E-state index contributed by atoms with van der Waals surface area (Å²) in [5.41, 5.74) is 3.21. The Kier molecular flexibility index (Phi) is 4.85. The second kappa shape index (κ2) is 7.69. The molecule has 2 aliphatic rings. The molecule has 1 spiro atoms. The highest BCUT2D eigenvalue weighted by atomic mass is 16.5. The molecule has 1 aromatic heterocycles. The van der Waals surface area contributed by atoms with Crippen molar-refractivity contribution in [3.63, 3.8) is 0 Å². The zero-order valence-corrected chi connectivity index (χ0v) is 17.8. The van der Waals surface area contributed by atoms with Crippen molar-refractivity contribution in [2.24, 2.45) is 0 Å². The lowest BCUT2D eigenvalue weighted by Gasteiger charge is -2.44. The van der Waals surface area contributed by atoms with E-state index < -0.39 is 5.60 Å². The number of piperidine rings is 1. The molecule has 6 heteroatoms. The van der Waals surface area contributed by atoms with Gasteiger partial charge >= 0.3 is 0 Å². The monoisotopic (exact) mass is 415 g/mol. The first-order valence-electron chi connectivity index (χ1n) is 10.6. The van der Waals surface area contributed by atoms with Crippen molar-refractivity contribution >= 4 is 11.6 Å². The third-order valence-electron chi connectivity index (χ3n) is 6.28. The fourth-order valence-electron chi connectivity index (χ4n) is 4.44. The summed E-state index contributed by atoms with van der Waals surface area (Å²) >= 11 is 0. The Bertz CT molecular complexity index is 1100. The topological polar surface area (TPSA) is 64.5 Å². The van der Waals surface area contributed by atoms with Crippen molar-refractivity contribution < 1.29 is 14.3 Å². The molecule has 0 unspecified atom stereocenters. The van der Waals surface area contributed by atoms with E-state index in [2.05, 4.69) is 15.1 Å². The predicted octanol–water partition coefficient (Wildman–Crippen LogP) is 4.47. The van der Waals surface area contributed by atoms with Crippen molar-refractivity contribution in [3.8, 4) is 22.8 Å². The van der Waals surface area contributed by atoms with E-state index in [0.717, 1.165) is 60.1 Å². The van der Waals surface area contributed by atoms with Crippen molar-refractivity contribution in [2.45, 2.75) is 31.8 Å². The van der Waals surface area contributed by atoms with E-state index in [0.29, 0.717) is 12.0 Å². The average Bonchev–Trinajstić information content (AvgIpc) is 2.80. The Morgan fingerprint density at radius 3 is 2.45 bits per heavy atom. The van der Waals surface area contributed by atoms with Gasteiger partial charge < -0.3 is 14.4 Å². The number of ether oxygens (including phenoxy) is 2. The standard InChI is InChI=1S/C25H25N3O3/c1-17-3-9-23-20(15-17)22(29)16-25(31-23)11-13-28(14-12-25)24-10-8-21(26-27-24)18-4-6-19(30-2)7-5-18/h3-10,15H,11-14,16H2,1-2H3. The molecule has 0 bridgehead atoms. The van der Waals surface area contributed by atoms with Crippen LogP contribution < -0.4 is 14.4 Å². The second-order valence-corrected chi connectivity index (χ2v) is 8.38. The third kappa shape index (κ3) is 3.74. The van der Waals surface area contributed by atoms with E-state index in [1.54, 1.807) is 7.11 Å². The molecule has 6 nitrogen and oxygen atoms in total. The lowest BCUT2D eigenvalue weighted by Crippen LogP contribution is -2.51. The van der Waals surface area contributed by atoms with Gasteiger partial charge in [0, 0.05) is 31.5 Å². The summed E-state index contributed by atoms with van der Waals surface area (Å²) in [7, 11) is 1.65. The second-order valence-electron chi connectivity index (χ2n) is 8.38. The summed E-state index contributed by atoms with van der Waals surface area (Å²) in [4.78, 5) is 15.0. The summed E-state index contributed by atoms with van der Waals surface area (Å²) in [6.45, 7) is 3.56. The SMILES string of the molecule is COc1ccc(-c2ccc(N3CCC4(CC3)CC(=O)c3cc(C)ccc3O4)nn2)cc1. The van der Waals surface area contributed by atoms with E-state index >= 15 is 0 Å². The van der Waals surface area contributed by atoms with E-state index in [-0.39, 0.29) is 5.78 Å². The van der Waals surface area contributed by atoms with E-state index in [1.807, 2.05) is 61.5 Å². The maximum atomic E-state index is 12.8. The molecule has 0 radical (unpaired) electrons. The smallest absolute Gasteiger partial charge is 0.170 e. The van der Waals surface area contributed by atoms with E-state index in [4.69, 9.17) is 9.47 Å². The number of anilines is 1. The highest BCUT2D eigenvalue weighted by Crippen LogP contribution is 2.40. The number of hydrogen-bond acceptors (Lipinski definition) is 6. The molecular weight excluding hydrogens is 390 g/mol. The van der Waals surface area contributed by atoms with Gasteiger partial charge in [0.2, 0.25) is 0 Å². The van der Waals surface area contributed by atoms with Gasteiger partial charge in [0.25, 0.3) is 0 Å². The lowest BCUT2D eigenvalue weighted by molar-refractivity contribution is 0.0231. The first kappa shape index (κ1) is 19.5. The number of benzene rings is 2. The Morgan fingerprint density at radius 1 is 1.00 bits per heavy atom. The Balaban J connectivity index is 1.27. The number of carbonyl (C=O) groups excluding carboxylic acids is 1. The molecule has 3 aromatic rings. The summed E-state index contributed by atoms with van der Waals surface area (Å²) in [5, 5.41) is 8.87. The number of aryl methyl sites for hydroxylation is 1. The fourth-order valence-corrected chi connectivity index (χ4v) is 4.44. The van der Waals surface area contributed by atoms with Crippen LogP contribution >= 0.6 is 0 Å². The van der Waals surface area contributed by atoms with Gasteiger partial charge in [-0.25, -0.2) is 0 Å². The number of rotatable bonds is 3. The van der Waals surface area contributed by atoms with Crippen molar-refractivity contribution in [1.29, 1.82) is 0 Å². The Hall–Kier alpha value is -3.41. The zero-order chi connectivity index (χ0) is 21.4. The summed E-state index contributed by atoms with van der Waals surface area (Å²) < 4.78 is 11.6. The van der Waals surface area contributed by atoms with Gasteiger partial charge in [-0.3, -0.25) is 4.79 Å². The van der Waals surface area contributed by atoms with Crippen LogP contribution in [0.3, 0.4) is 0 Å². The molecule has 2 aromatic carbocycles. The lowest BCUT2D eigenvalue weighted by atomic mass is 9.82. The van der Waals surface area contributed by atoms with Crippen LogP contribution in [0.2, 0.25) is 0 Å². The molecule has 0 N–H and O–H groups in total. The third-order valence-corrected chi connectivity index (χ3v) is 6.28. The van der Waals surface area contributed by atoms with Crippen LogP contribution in [0.25, 0.3) is 11.3 Å². The van der Waals surface area contributed by atoms with Crippen LogP contribution in [0.4, 0.5) is 5.82 Å². The van der Waals surface area contributed by atoms with E-state index in [9.17, 15) is 4.79 Å². The van der Waals surface area contributed by atoms with Crippen LogP contribution in [-0.4, -0.2) is 41.8 Å². The zero-order valence-electron chi connectivity index (χ0n) is 17.8. The minimum Gasteiger partial charge on any atom is -0.497 e. The van der Waals surface area contributed by atoms with Crippen LogP contribution in [0.5, 0.6) is 11.5 Å². The normalized spacial score (nSPS) is 17.2. The minimum atomic E-state index is -0.410. The Morgan fingerprint density at radius 2 is 1.77 bits per heavy atom.